The molecule has 2 aromatic heterocycles. The van der Waals surface area contributed by atoms with Crippen LogP contribution >= 0.6 is 0 Å². The molecule has 202 valence electrons. The molecule has 1 saturated heterocycles. The van der Waals surface area contributed by atoms with E-state index in [2.05, 4.69) is 32.4 Å². The van der Waals surface area contributed by atoms with Crippen molar-refractivity contribution in [1.82, 2.24) is 19.8 Å². The molecular formula is C27H35N7O4. The maximum absolute atomic E-state index is 12.3. The highest BCUT2D eigenvalue weighted by Gasteiger charge is 2.23. The normalized spacial score (nSPS) is 16.4. The van der Waals surface area contributed by atoms with Gasteiger partial charge >= 0.3 is 0 Å². The standard InChI is InChI=1S/C27H35N7O4/c1-32-11-12-34(26(36)17-32)16-21-8-9-25(30-23(21)18-35)33(2)27(37)31-24-14-22(28-10-13-38-3)20(15-29-24)7-6-19-4-5-19/h8-9,14-15,18-19,27,37H,4-5,10-13,16-17H2,1-3H3,(H2,28,29,31). The van der Waals surface area contributed by atoms with Gasteiger partial charge in [-0.1, -0.05) is 17.9 Å². The van der Waals surface area contributed by atoms with E-state index in [1.54, 1.807) is 43.5 Å². The Morgan fingerprint density at radius 3 is 2.87 bits per heavy atom. The maximum atomic E-state index is 12.3. The van der Waals surface area contributed by atoms with E-state index in [0.29, 0.717) is 62.2 Å². The third-order valence-electron chi connectivity index (χ3n) is 6.50. The van der Waals surface area contributed by atoms with Gasteiger partial charge in [0, 0.05) is 64.1 Å². The van der Waals surface area contributed by atoms with Crippen molar-refractivity contribution in [2.75, 3.05) is 69.5 Å². The van der Waals surface area contributed by atoms with E-state index in [4.69, 9.17) is 4.74 Å². The summed E-state index contributed by atoms with van der Waals surface area (Å²) in [7, 11) is 5.21. The van der Waals surface area contributed by atoms with Gasteiger partial charge in [0.05, 0.1) is 24.4 Å². The van der Waals surface area contributed by atoms with E-state index in [0.717, 1.165) is 30.6 Å². The molecule has 2 fully saturated rings. The zero-order valence-electron chi connectivity index (χ0n) is 22.1. The second kappa shape index (κ2) is 12.7. The van der Waals surface area contributed by atoms with Crippen molar-refractivity contribution in [1.29, 1.82) is 0 Å². The lowest BCUT2D eigenvalue weighted by atomic mass is 10.1. The van der Waals surface area contributed by atoms with Crippen LogP contribution in [0, 0.1) is 17.8 Å². The molecule has 0 bridgehead atoms. The van der Waals surface area contributed by atoms with E-state index >= 15 is 0 Å². The Hall–Kier alpha value is -3.72. The van der Waals surface area contributed by atoms with Crippen LogP contribution in [-0.4, -0.2) is 97.4 Å². The van der Waals surface area contributed by atoms with Crippen LogP contribution < -0.4 is 15.5 Å². The second-order valence-electron chi connectivity index (χ2n) is 9.59. The SMILES string of the molecule is COCCNc1cc(NC(O)N(C)c2ccc(CN3CCN(C)CC3=O)c(C=O)n2)ncc1C#CC1CC1. The summed E-state index contributed by atoms with van der Waals surface area (Å²) in [5.41, 5.74) is 2.48. The molecule has 4 rings (SSSR count). The first-order valence-corrected chi connectivity index (χ1v) is 12.7. The number of amides is 1. The fourth-order valence-corrected chi connectivity index (χ4v) is 3.95. The van der Waals surface area contributed by atoms with E-state index in [1.807, 2.05) is 11.9 Å². The zero-order valence-corrected chi connectivity index (χ0v) is 22.1. The van der Waals surface area contributed by atoms with E-state index in [1.165, 1.54) is 4.90 Å². The number of aldehydes is 1. The number of piperazine rings is 1. The van der Waals surface area contributed by atoms with Crippen LogP contribution in [0.5, 0.6) is 0 Å². The van der Waals surface area contributed by atoms with Crippen molar-refractivity contribution in [2.45, 2.75) is 25.7 Å². The molecule has 1 atom stereocenters. The number of nitrogens with zero attached hydrogens (tertiary/aromatic N) is 5. The number of aliphatic hydroxyl groups is 1. The molecule has 0 spiro atoms. The summed E-state index contributed by atoms with van der Waals surface area (Å²) in [5.74, 6) is 7.77. The van der Waals surface area contributed by atoms with Crippen LogP contribution in [0.15, 0.2) is 24.4 Å². The van der Waals surface area contributed by atoms with Gasteiger partial charge in [-0.25, -0.2) is 9.97 Å². The van der Waals surface area contributed by atoms with Gasteiger partial charge in [0.2, 0.25) is 12.3 Å². The first-order chi connectivity index (χ1) is 18.4. The first-order valence-electron chi connectivity index (χ1n) is 12.7. The molecule has 1 amide bonds. The minimum atomic E-state index is -1.17. The Labute approximate surface area is 223 Å². The quantitative estimate of drug-likeness (QED) is 0.172. The molecule has 3 N–H and O–H groups in total. The molecule has 2 aromatic rings. The van der Waals surface area contributed by atoms with Crippen molar-refractivity contribution in [2.24, 2.45) is 5.92 Å². The van der Waals surface area contributed by atoms with Gasteiger partial charge in [-0.2, -0.15) is 0 Å². The number of methoxy groups -OCH3 is 1. The lowest BCUT2D eigenvalue weighted by Gasteiger charge is -2.32. The molecule has 2 aliphatic rings. The van der Waals surface area contributed by atoms with Crippen LogP contribution in [-0.2, 0) is 16.1 Å². The summed E-state index contributed by atoms with van der Waals surface area (Å²) >= 11 is 0. The lowest BCUT2D eigenvalue weighted by molar-refractivity contribution is -0.136. The van der Waals surface area contributed by atoms with E-state index in [9.17, 15) is 14.7 Å². The van der Waals surface area contributed by atoms with Gasteiger partial charge in [-0.05, 0) is 26.0 Å². The number of aliphatic hydroxyl groups excluding tert-OH is 1. The number of anilines is 3. The average Bonchev–Trinajstić information content (AvgIpc) is 3.74. The van der Waals surface area contributed by atoms with Gasteiger partial charge in [0.15, 0.2) is 6.29 Å². The van der Waals surface area contributed by atoms with E-state index in [-0.39, 0.29) is 11.6 Å². The van der Waals surface area contributed by atoms with Gasteiger partial charge in [0.1, 0.15) is 17.3 Å². The highest BCUT2D eigenvalue weighted by molar-refractivity contribution is 5.80. The second-order valence-corrected chi connectivity index (χ2v) is 9.59. The molecule has 38 heavy (non-hydrogen) atoms. The number of carbonyl (C=O) groups is 2. The number of ether oxygens (including phenoxy) is 1. The smallest absolute Gasteiger partial charge is 0.237 e. The molecule has 1 unspecified atom stereocenters. The minimum Gasteiger partial charge on any atom is -0.383 e. The Kier molecular flexibility index (Phi) is 9.12. The van der Waals surface area contributed by atoms with Gasteiger partial charge < -0.3 is 30.3 Å². The van der Waals surface area contributed by atoms with Crippen molar-refractivity contribution >= 4 is 29.5 Å². The van der Waals surface area contributed by atoms with Crippen LogP contribution in [0.25, 0.3) is 0 Å². The summed E-state index contributed by atoms with van der Waals surface area (Å²) in [4.78, 5) is 38.2. The van der Waals surface area contributed by atoms with Crippen LogP contribution in [0.3, 0.4) is 0 Å². The van der Waals surface area contributed by atoms with Crippen molar-refractivity contribution in [3.05, 3.63) is 41.2 Å². The van der Waals surface area contributed by atoms with Gasteiger partial charge in [-0.15, -0.1) is 0 Å². The molecule has 0 aromatic carbocycles. The first kappa shape index (κ1) is 27.3. The van der Waals surface area contributed by atoms with Gasteiger partial charge in [0.25, 0.3) is 0 Å². The number of hydrogen-bond donors (Lipinski definition) is 3. The summed E-state index contributed by atoms with van der Waals surface area (Å²) in [6, 6.07) is 5.28. The van der Waals surface area contributed by atoms with E-state index < -0.39 is 6.35 Å². The molecular weight excluding hydrogens is 486 g/mol. The number of rotatable bonds is 11. The molecule has 11 nitrogen and oxygen atoms in total. The van der Waals surface area contributed by atoms with Crippen LogP contribution in [0.1, 0.15) is 34.5 Å². The number of carbonyl (C=O) groups excluding carboxylic acids is 2. The summed E-state index contributed by atoms with van der Waals surface area (Å²) < 4.78 is 5.14. The number of pyridine rings is 2. The summed E-state index contributed by atoms with van der Waals surface area (Å²) in [5, 5.41) is 17.1. The lowest BCUT2D eigenvalue weighted by Crippen LogP contribution is -2.48. The Balaban J connectivity index is 1.44. The van der Waals surface area contributed by atoms with Crippen LogP contribution in [0.4, 0.5) is 17.3 Å². The molecule has 3 heterocycles. The Morgan fingerprint density at radius 2 is 2.16 bits per heavy atom. The minimum absolute atomic E-state index is 0.0181. The predicted molar refractivity (Wildman–Crippen MR) is 145 cm³/mol. The molecule has 0 radical (unpaired) electrons. The fraction of sp³-hybridized carbons (Fsp3) is 0.481. The van der Waals surface area contributed by atoms with Crippen molar-refractivity contribution < 1.29 is 19.4 Å². The maximum Gasteiger partial charge on any atom is 0.237 e. The molecule has 1 saturated carbocycles. The average molecular weight is 522 g/mol. The van der Waals surface area contributed by atoms with Crippen LogP contribution in [0.2, 0.25) is 0 Å². The Morgan fingerprint density at radius 1 is 1.34 bits per heavy atom. The number of hydrogen-bond acceptors (Lipinski definition) is 10. The molecule has 11 heteroatoms. The van der Waals surface area contributed by atoms with Gasteiger partial charge in [-0.3, -0.25) is 14.5 Å². The number of aromatic nitrogens is 2. The number of likely N-dealkylation sites (N-methyl/N-ethyl adjacent to an activating group) is 1. The monoisotopic (exact) mass is 521 g/mol. The van der Waals surface area contributed by atoms with Crippen molar-refractivity contribution in [3.8, 4) is 11.8 Å². The topological polar surface area (TPSA) is 123 Å². The summed E-state index contributed by atoms with van der Waals surface area (Å²) in [6.07, 6.45) is 3.46. The van der Waals surface area contributed by atoms with Crippen molar-refractivity contribution in [3.63, 3.8) is 0 Å². The fourth-order valence-electron chi connectivity index (χ4n) is 3.95. The largest absolute Gasteiger partial charge is 0.383 e. The highest BCUT2D eigenvalue weighted by atomic mass is 16.5. The third-order valence-corrected chi connectivity index (χ3v) is 6.50. The Bertz CT molecular complexity index is 1210. The highest BCUT2D eigenvalue weighted by Crippen LogP contribution is 2.28. The zero-order chi connectivity index (χ0) is 27.1. The molecule has 1 aliphatic heterocycles. The summed E-state index contributed by atoms with van der Waals surface area (Å²) in [6.45, 7) is 3.18. The molecule has 1 aliphatic carbocycles. The number of nitrogens with one attached hydrogen (secondary N) is 2. The predicted octanol–water partition coefficient (Wildman–Crippen LogP) is 1.21. The third kappa shape index (κ3) is 7.19.